The normalized spacial score (nSPS) is 13.1. The van der Waals surface area contributed by atoms with Gasteiger partial charge in [-0.3, -0.25) is 4.79 Å². The standard InChI is InChI=1S/C27H48NO6P/c1-4-5-6-7-8-9-10-11-12-13-20-31-26-16-14-15-25(22-26)17-18-27(32-24-29)23-34-35(30)33-21-19-28(2)3/h14-16,22,24,27,30H,4-13,17-21,23H2,1-3H3. The van der Waals surface area contributed by atoms with Gasteiger partial charge in [0.25, 0.3) is 6.47 Å². The molecule has 0 heterocycles. The van der Waals surface area contributed by atoms with Gasteiger partial charge in [0.1, 0.15) is 11.9 Å². The number of likely N-dealkylation sites (N-methyl/N-ethyl adjacent to an activating group) is 1. The second kappa shape index (κ2) is 22.0. The highest BCUT2D eigenvalue weighted by Gasteiger charge is 2.15. The summed E-state index contributed by atoms with van der Waals surface area (Å²) in [5, 5.41) is 0. The number of aryl methyl sites for hydroxylation is 1. The molecule has 1 aromatic carbocycles. The van der Waals surface area contributed by atoms with Crippen molar-refractivity contribution in [1.82, 2.24) is 4.90 Å². The van der Waals surface area contributed by atoms with E-state index in [1.54, 1.807) is 0 Å². The Morgan fingerprint density at radius 2 is 1.66 bits per heavy atom. The first-order valence-electron chi connectivity index (χ1n) is 13.3. The van der Waals surface area contributed by atoms with Crippen LogP contribution in [0.2, 0.25) is 0 Å². The van der Waals surface area contributed by atoms with Crippen LogP contribution in [0.15, 0.2) is 24.3 Å². The third-order valence-electron chi connectivity index (χ3n) is 5.78. The molecule has 0 aliphatic heterocycles. The summed E-state index contributed by atoms with van der Waals surface area (Å²) in [6.45, 7) is 4.58. The van der Waals surface area contributed by atoms with Crippen molar-refractivity contribution >= 4 is 15.1 Å². The van der Waals surface area contributed by atoms with Gasteiger partial charge in [-0.05, 0) is 51.1 Å². The molecule has 202 valence electrons. The maximum Gasteiger partial charge on any atom is 0.330 e. The smallest absolute Gasteiger partial charge is 0.330 e. The van der Waals surface area contributed by atoms with Crippen LogP contribution in [-0.2, 0) is 25.0 Å². The minimum atomic E-state index is -1.98. The first kappa shape index (κ1) is 31.8. The topological polar surface area (TPSA) is 77.5 Å². The van der Waals surface area contributed by atoms with Gasteiger partial charge in [0, 0.05) is 6.54 Å². The van der Waals surface area contributed by atoms with Gasteiger partial charge >= 0.3 is 8.60 Å². The van der Waals surface area contributed by atoms with E-state index in [-0.39, 0.29) is 6.61 Å². The van der Waals surface area contributed by atoms with E-state index in [0.717, 1.165) is 24.3 Å². The van der Waals surface area contributed by atoms with E-state index in [1.807, 2.05) is 43.3 Å². The van der Waals surface area contributed by atoms with E-state index in [1.165, 1.54) is 57.8 Å². The molecule has 0 aliphatic carbocycles. The first-order chi connectivity index (χ1) is 17.0. The summed E-state index contributed by atoms with van der Waals surface area (Å²) in [4.78, 5) is 22.7. The van der Waals surface area contributed by atoms with Gasteiger partial charge in [0.2, 0.25) is 0 Å². The number of carbonyl (C=O) groups excluding carboxylic acids is 1. The average Bonchev–Trinajstić information content (AvgIpc) is 2.84. The molecule has 2 atom stereocenters. The minimum absolute atomic E-state index is 0.0951. The Morgan fingerprint density at radius 1 is 0.971 bits per heavy atom. The summed E-state index contributed by atoms with van der Waals surface area (Å²) in [6.07, 6.45) is 13.9. The molecule has 0 spiro atoms. The number of benzene rings is 1. The highest BCUT2D eigenvalue weighted by Crippen LogP contribution is 2.33. The van der Waals surface area contributed by atoms with Crippen molar-refractivity contribution in [2.45, 2.75) is 90.1 Å². The lowest BCUT2D eigenvalue weighted by molar-refractivity contribution is -0.135. The van der Waals surface area contributed by atoms with E-state index < -0.39 is 14.7 Å². The van der Waals surface area contributed by atoms with Gasteiger partial charge in [0.15, 0.2) is 0 Å². The van der Waals surface area contributed by atoms with Crippen LogP contribution in [0.3, 0.4) is 0 Å². The Hall–Kier alpha value is -1.24. The molecule has 0 aliphatic rings. The van der Waals surface area contributed by atoms with Gasteiger partial charge in [-0.15, -0.1) is 0 Å². The van der Waals surface area contributed by atoms with Crippen molar-refractivity contribution in [3.63, 3.8) is 0 Å². The number of nitrogens with zero attached hydrogens (tertiary/aromatic N) is 1. The molecule has 0 saturated heterocycles. The molecule has 35 heavy (non-hydrogen) atoms. The molecular formula is C27H48NO6P. The zero-order chi connectivity index (χ0) is 25.6. The molecule has 0 saturated carbocycles. The van der Waals surface area contributed by atoms with Crippen LogP contribution < -0.4 is 4.74 Å². The van der Waals surface area contributed by atoms with Crippen LogP contribution in [0.1, 0.15) is 83.1 Å². The molecule has 1 N–H and O–H groups in total. The highest BCUT2D eigenvalue weighted by atomic mass is 31.2. The molecular weight excluding hydrogens is 465 g/mol. The lowest BCUT2D eigenvalue weighted by atomic mass is 10.1. The number of ether oxygens (including phenoxy) is 2. The molecule has 0 amide bonds. The van der Waals surface area contributed by atoms with Crippen LogP contribution in [0.4, 0.5) is 0 Å². The van der Waals surface area contributed by atoms with Gasteiger partial charge in [-0.1, -0.05) is 76.8 Å². The third kappa shape index (κ3) is 18.7. The van der Waals surface area contributed by atoms with E-state index in [2.05, 4.69) is 6.92 Å². The van der Waals surface area contributed by atoms with E-state index in [4.69, 9.17) is 18.5 Å². The fraction of sp³-hybridized carbons (Fsp3) is 0.741. The van der Waals surface area contributed by atoms with Crippen LogP contribution in [0, 0.1) is 0 Å². The van der Waals surface area contributed by atoms with Crippen LogP contribution in [-0.4, -0.2) is 62.8 Å². The molecule has 8 heteroatoms. The lowest BCUT2D eigenvalue weighted by Gasteiger charge is -2.18. The van der Waals surface area contributed by atoms with Crippen molar-refractivity contribution in [3.8, 4) is 5.75 Å². The van der Waals surface area contributed by atoms with Crippen LogP contribution in [0.5, 0.6) is 5.75 Å². The second-order valence-corrected chi connectivity index (χ2v) is 10.2. The van der Waals surface area contributed by atoms with Crippen molar-refractivity contribution < 1.29 is 28.2 Å². The molecule has 1 aromatic rings. The fourth-order valence-electron chi connectivity index (χ4n) is 3.65. The van der Waals surface area contributed by atoms with Gasteiger partial charge < -0.3 is 28.3 Å². The summed E-state index contributed by atoms with van der Waals surface area (Å²) in [5.74, 6) is 0.871. The number of hydrogen-bond donors (Lipinski definition) is 1. The number of hydrogen-bond acceptors (Lipinski definition) is 7. The van der Waals surface area contributed by atoms with Gasteiger partial charge in [-0.2, -0.15) is 0 Å². The second-order valence-electron chi connectivity index (χ2n) is 9.24. The van der Waals surface area contributed by atoms with Crippen LogP contribution in [0.25, 0.3) is 0 Å². The maximum absolute atomic E-state index is 10.9. The van der Waals surface area contributed by atoms with Crippen LogP contribution >= 0.6 is 8.60 Å². The summed E-state index contributed by atoms with van der Waals surface area (Å²) in [7, 11) is 1.87. The average molecular weight is 514 g/mol. The third-order valence-corrected chi connectivity index (χ3v) is 6.55. The zero-order valence-corrected chi connectivity index (χ0v) is 23.1. The zero-order valence-electron chi connectivity index (χ0n) is 22.2. The predicted octanol–water partition coefficient (Wildman–Crippen LogP) is 6.27. The van der Waals surface area contributed by atoms with Crippen molar-refractivity contribution in [1.29, 1.82) is 0 Å². The molecule has 0 aromatic heterocycles. The Morgan fingerprint density at radius 3 is 2.31 bits per heavy atom. The molecule has 7 nitrogen and oxygen atoms in total. The fourth-order valence-corrected chi connectivity index (χ4v) is 4.26. The van der Waals surface area contributed by atoms with E-state index in [0.29, 0.717) is 32.5 Å². The molecule has 0 bridgehead atoms. The van der Waals surface area contributed by atoms with Crippen molar-refractivity contribution in [2.75, 3.05) is 40.5 Å². The Bertz CT molecular complexity index is 633. The van der Waals surface area contributed by atoms with Gasteiger partial charge in [-0.25, -0.2) is 0 Å². The summed E-state index contributed by atoms with van der Waals surface area (Å²) >= 11 is 0. The predicted molar refractivity (Wildman–Crippen MR) is 143 cm³/mol. The van der Waals surface area contributed by atoms with Crippen molar-refractivity contribution in [3.05, 3.63) is 29.8 Å². The summed E-state index contributed by atoms with van der Waals surface area (Å²) < 4.78 is 21.7. The Labute approximate surface area is 214 Å². The summed E-state index contributed by atoms with van der Waals surface area (Å²) in [6, 6.07) is 8.04. The lowest BCUT2D eigenvalue weighted by Crippen LogP contribution is -2.20. The van der Waals surface area contributed by atoms with Crippen molar-refractivity contribution in [2.24, 2.45) is 0 Å². The SMILES string of the molecule is CCCCCCCCCCCCOc1cccc(CCC(COP(O)OCCN(C)C)OC=O)c1. The first-order valence-corrected chi connectivity index (χ1v) is 14.4. The highest BCUT2D eigenvalue weighted by molar-refractivity contribution is 7.40. The Kier molecular flexibility index (Phi) is 20.0. The molecule has 0 radical (unpaired) electrons. The van der Waals surface area contributed by atoms with E-state index >= 15 is 0 Å². The largest absolute Gasteiger partial charge is 0.494 e. The van der Waals surface area contributed by atoms with Gasteiger partial charge in [0.05, 0.1) is 19.8 Å². The summed E-state index contributed by atoms with van der Waals surface area (Å²) in [5.41, 5.74) is 1.11. The number of unbranched alkanes of at least 4 members (excludes halogenated alkanes) is 9. The Balaban J connectivity index is 2.22. The minimum Gasteiger partial charge on any atom is -0.494 e. The quantitative estimate of drug-likeness (QED) is 0.0991. The molecule has 2 unspecified atom stereocenters. The number of carbonyl (C=O) groups is 1. The molecule has 0 fully saturated rings. The number of rotatable bonds is 24. The molecule has 1 rings (SSSR count). The van der Waals surface area contributed by atoms with E-state index in [9.17, 15) is 9.69 Å². The maximum atomic E-state index is 10.9. The monoisotopic (exact) mass is 513 g/mol.